The van der Waals surface area contributed by atoms with Gasteiger partial charge in [0, 0.05) is 8.95 Å². The molecule has 0 aliphatic carbocycles. The first-order valence-electron chi connectivity index (χ1n) is 6.42. The lowest BCUT2D eigenvalue weighted by atomic mass is 10.0. The number of hydrogen-bond acceptors (Lipinski definition) is 1. The van der Waals surface area contributed by atoms with E-state index in [0.717, 1.165) is 20.9 Å². The van der Waals surface area contributed by atoms with Crippen LogP contribution in [0.1, 0.15) is 35.3 Å². The first-order valence-corrected chi connectivity index (χ1v) is 8.01. The molecule has 0 aromatic heterocycles. The molecule has 0 aliphatic rings. The van der Waals surface area contributed by atoms with E-state index >= 15 is 0 Å². The highest BCUT2D eigenvalue weighted by Crippen LogP contribution is 2.21. The van der Waals surface area contributed by atoms with Crippen LogP contribution in [0.3, 0.4) is 0 Å². The summed E-state index contributed by atoms with van der Waals surface area (Å²) < 4.78 is 1.84. The SMILES string of the molecule is CCC(NC(=O)c1ccccc1Br)c1ccc(Br)cc1. The summed E-state index contributed by atoms with van der Waals surface area (Å²) in [6.45, 7) is 2.06. The number of carbonyl (C=O) groups is 1. The fourth-order valence-corrected chi connectivity index (χ4v) is 2.73. The number of nitrogens with one attached hydrogen (secondary N) is 1. The maximum absolute atomic E-state index is 12.3. The van der Waals surface area contributed by atoms with E-state index in [1.165, 1.54) is 0 Å². The van der Waals surface area contributed by atoms with Crippen molar-refractivity contribution in [1.29, 1.82) is 0 Å². The fraction of sp³-hybridized carbons (Fsp3) is 0.188. The summed E-state index contributed by atoms with van der Waals surface area (Å²) in [6, 6.07) is 15.5. The Morgan fingerprint density at radius 2 is 1.75 bits per heavy atom. The van der Waals surface area contributed by atoms with E-state index in [9.17, 15) is 4.79 Å². The summed E-state index contributed by atoms with van der Waals surface area (Å²) in [5.41, 5.74) is 1.76. The largest absolute Gasteiger partial charge is 0.345 e. The first kappa shape index (κ1) is 15.3. The fourth-order valence-electron chi connectivity index (χ4n) is 2.00. The Kier molecular flexibility index (Phi) is 5.38. The predicted molar refractivity (Wildman–Crippen MR) is 88.8 cm³/mol. The van der Waals surface area contributed by atoms with E-state index in [2.05, 4.69) is 44.1 Å². The van der Waals surface area contributed by atoms with Crippen LogP contribution in [0.5, 0.6) is 0 Å². The van der Waals surface area contributed by atoms with Crippen LogP contribution in [-0.4, -0.2) is 5.91 Å². The van der Waals surface area contributed by atoms with E-state index < -0.39 is 0 Å². The van der Waals surface area contributed by atoms with Crippen molar-refractivity contribution in [3.63, 3.8) is 0 Å². The third kappa shape index (κ3) is 3.70. The molecule has 1 N–H and O–H groups in total. The first-order chi connectivity index (χ1) is 9.61. The highest BCUT2D eigenvalue weighted by molar-refractivity contribution is 9.10. The Labute approximate surface area is 135 Å². The molecule has 0 radical (unpaired) electrons. The molecule has 1 atom stereocenters. The average Bonchev–Trinajstić information content (AvgIpc) is 2.46. The summed E-state index contributed by atoms with van der Waals surface area (Å²) in [5, 5.41) is 3.08. The van der Waals surface area contributed by atoms with Gasteiger partial charge in [-0.15, -0.1) is 0 Å². The van der Waals surface area contributed by atoms with Crippen molar-refractivity contribution >= 4 is 37.8 Å². The molecule has 2 aromatic rings. The molecule has 2 nitrogen and oxygen atoms in total. The van der Waals surface area contributed by atoms with Gasteiger partial charge in [0.05, 0.1) is 11.6 Å². The maximum atomic E-state index is 12.3. The van der Waals surface area contributed by atoms with Crippen LogP contribution in [0.15, 0.2) is 57.5 Å². The molecule has 1 amide bonds. The molecule has 20 heavy (non-hydrogen) atoms. The molecule has 0 aliphatic heterocycles. The maximum Gasteiger partial charge on any atom is 0.252 e. The van der Waals surface area contributed by atoms with E-state index in [1.807, 2.05) is 48.5 Å². The number of hydrogen-bond donors (Lipinski definition) is 1. The number of benzene rings is 2. The molecule has 104 valence electrons. The second-order valence-electron chi connectivity index (χ2n) is 4.47. The van der Waals surface area contributed by atoms with Gasteiger partial charge in [0.2, 0.25) is 0 Å². The van der Waals surface area contributed by atoms with Gasteiger partial charge in [-0.3, -0.25) is 4.79 Å². The van der Waals surface area contributed by atoms with Crippen molar-refractivity contribution in [3.05, 3.63) is 68.6 Å². The van der Waals surface area contributed by atoms with Gasteiger partial charge in [-0.2, -0.15) is 0 Å². The molecule has 2 rings (SSSR count). The third-order valence-electron chi connectivity index (χ3n) is 3.10. The van der Waals surface area contributed by atoms with Crippen molar-refractivity contribution in [1.82, 2.24) is 5.32 Å². The Balaban J connectivity index is 2.16. The molecule has 0 fully saturated rings. The summed E-state index contributed by atoms with van der Waals surface area (Å²) in [4.78, 5) is 12.3. The monoisotopic (exact) mass is 395 g/mol. The minimum absolute atomic E-state index is 0.0164. The zero-order valence-electron chi connectivity index (χ0n) is 11.1. The van der Waals surface area contributed by atoms with Crippen molar-refractivity contribution in [2.24, 2.45) is 0 Å². The van der Waals surface area contributed by atoms with E-state index in [0.29, 0.717) is 5.56 Å². The highest BCUT2D eigenvalue weighted by atomic mass is 79.9. The van der Waals surface area contributed by atoms with Gasteiger partial charge in [0.15, 0.2) is 0 Å². The molecule has 0 saturated heterocycles. The average molecular weight is 397 g/mol. The molecule has 0 spiro atoms. The molecule has 1 unspecified atom stereocenters. The summed E-state index contributed by atoms with van der Waals surface area (Å²) in [5.74, 6) is -0.0627. The third-order valence-corrected chi connectivity index (χ3v) is 4.32. The van der Waals surface area contributed by atoms with Crippen molar-refractivity contribution in [3.8, 4) is 0 Å². The van der Waals surface area contributed by atoms with Gasteiger partial charge in [-0.05, 0) is 52.2 Å². The Morgan fingerprint density at radius 3 is 2.35 bits per heavy atom. The standard InChI is InChI=1S/C16H15Br2NO/c1-2-15(11-7-9-12(17)10-8-11)19-16(20)13-5-3-4-6-14(13)18/h3-10,15H,2H2,1H3,(H,19,20). The van der Waals surface area contributed by atoms with Crippen molar-refractivity contribution < 1.29 is 4.79 Å². The zero-order chi connectivity index (χ0) is 14.5. The lowest BCUT2D eigenvalue weighted by Crippen LogP contribution is -2.28. The minimum atomic E-state index is -0.0627. The number of carbonyl (C=O) groups excluding carboxylic acids is 1. The lowest BCUT2D eigenvalue weighted by Gasteiger charge is -2.18. The Bertz CT molecular complexity index is 596. The van der Waals surface area contributed by atoms with Crippen LogP contribution in [0.2, 0.25) is 0 Å². The van der Waals surface area contributed by atoms with Gasteiger partial charge < -0.3 is 5.32 Å². The van der Waals surface area contributed by atoms with Gasteiger partial charge in [0.1, 0.15) is 0 Å². The van der Waals surface area contributed by atoms with Crippen LogP contribution in [0.4, 0.5) is 0 Å². The quantitative estimate of drug-likeness (QED) is 0.765. The van der Waals surface area contributed by atoms with E-state index in [1.54, 1.807) is 0 Å². The van der Waals surface area contributed by atoms with Crippen molar-refractivity contribution in [2.45, 2.75) is 19.4 Å². The highest BCUT2D eigenvalue weighted by Gasteiger charge is 2.15. The predicted octanol–water partition coefficient (Wildman–Crippen LogP) is 5.09. The summed E-state index contributed by atoms with van der Waals surface area (Å²) in [6.07, 6.45) is 0.845. The lowest BCUT2D eigenvalue weighted by molar-refractivity contribution is 0.0935. The molecule has 2 aromatic carbocycles. The second-order valence-corrected chi connectivity index (χ2v) is 6.24. The van der Waals surface area contributed by atoms with Crippen LogP contribution < -0.4 is 5.32 Å². The Hall–Kier alpha value is -1.13. The van der Waals surface area contributed by atoms with Gasteiger partial charge in [-0.1, -0.05) is 47.1 Å². The molecular weight excluding hydrogens is 382 g/mol. The van der Waals surface area contributed by atoms with E-state index in [4.69, 9.17) is 0 Å². The van der Waals surface area contributed by atoms with Gasteiger partial charge in [-0.25, -0.2) is 0 Å². The van der Waals surface area contributed by atoms with Crippen LogP contribution in [0.25, 0.3) is 0 Å². The number of amides is 1. The topological polar surface area (TPSA) is 29.1 Å². The smallest absolute Gasteiger partial charge is 0.252 e. The summed E-state index contributed by atoms with van der Waals surface area (Å²) in [7, 11) is 0. The number of halogens is 2. The molecule has 0 bridgehead atoms. The number of rotatable bonds is 4. The van der Waals surface area contributed by atoms with Crippen LogP contribution >= 0.6 is 31.9 Å². The van der Waals surface area contributed by atoms with Gasteiger partial charge in [0.25, 0.3) is 5.91 Å². The Morgan fingerprint density at radius 1 is 1.10 bits per heavy atom. The normalized spacial score (nSPS) is 11.9. The van der Waals surface area contributed by atoms with E-state index in [-0.39, 0.29) is 11.9 Å². The molecule has 0 saturated carbocycles. The van der Waals surface area contributed by atoms with Crippen molar-refractivity contribution in [2.75, 3.05) is 0 Å². The summed E-state index contributed by atoms with van der Waals surface area (Å²) >= 11 is 6.83. The molecule has 0 heterocycles. The zero-order valence-corrected chi connectivity index (χ0v) is 14.2. The van der Waals surface area contributed by atoms with Crippen LogP contribution in [-0.2, 0) is 0 Å². The van der Waals surface area contributed by atoms with Gasteiger partial charge >= 0.3 is 0 Å². The minimum Gasteiger partial charge on any atom is -0.345 e. The van der Waals surface area contributed by atoms with Crippen LogP contribution in [0, 0.1) is 0 Å². The molecular formula is C16H15Br2NO. The molecule has 4 heteroatoms. The second kappa shape index (κ2) is 7.04.